The summed E-state index contributed by atoms with van der Waals surface area (Å²) in [7, 11) is 0. The van der Waals surface area contributed by atoms with Crippen molar-refractivity contribution in [1.82, 2.24) is 14.8 Å². The van der Waals surface area contributed by atoms with Crippen LogP contribution in [0.5, 0.6) is 0 Å². The maximum atomic E-state index is 13.0. The number of nitrogens with one attached hydrogen (secondary N) is 1. The van der Waals surface area contributed by atoms with Gasteiger partial charge in [-0.25, -0.2) is 0 Å². The maximum absolute atomic E-state index is 13.0. The number of piperidine rings is 1. The van der Waals surface area contributed by atoms with Gasteiger partial charge in [-0.05, 0) is 50.8 Å². The lowest BCUT2D eigenvalue weighted by atomic mass is 10.0. The summed E-state index contributed by atoms with van der Waals surface area (Å²) in [6, 6.07) is 21.4. The van der Waals surface area contributed by atoms with E-state index in [4.69, 9.17) is 0 Å². The Bertz CT molecular complexity index is 1030. The summed E-state index contributed by atoms with van der Waals surface area (Å²) in [5.74, 6) is 0.0598. The van der Waals surface area contributed by atoms with Gasteiger partial charge in [0.15, 0.2) is 0 Å². The number of carbonyl (C=O) groups is 1. The van der Waals surface area contributed by atoms with Crippen molar-refractivity contribution < 1.29 is 4.79 Å². The number of hydrogen-bond donors (Lipinski definition) is 1. The third-order valence-electron chi connectivity index (χ3n) is 6.41. The lowest BCUT2D eigenvalue weighted by Gasteiger charge is -2.32. The van der Waals surface area contributed by atoms with Crippen LogP contribution in [0.25, 0.3) is 0 Å². The molecular weight excluding hydrogens is 382 g/mol. The molecule has 0 spiro atoms. The van der Waals surface area contributed by atoms with Crippen molar-refractivity contribution in [3.05, 3.63) is 94.3 Å². The van der Waals surface area contributed by atoms with E-state index < -0.39 is 0 Å². The van der Waals surface area contributed by atoms with Crippen molar-refractivity contribution in [2.24, 2.45) is 0 Å². The quantitative estimate of drug-likeness (QED) is 0.624. The summed E-state index contributed by atoms with van der Waals surface area (Å²) in [5, 5.41) is 3.29. The van der Waals surface area contributed by atoms with Gasteiger partial charge >= 0.3 is 0 Å². The summed E-state index contributed by atoms with van der Waals surface area (Å²) < 4.78 is 2.23. The fraction of sp³-hybridized carbons (Fsp3) is 0.370. The monoisotopic (exact) mass is 415 g/mol. The Morgan fingerprint density at radius 2 is 1.61 bits per heavy atom. The molecule has 1 N–H and O–H groups in total. The van der Waals surface area contributed by atoms with E-state index in [2.05, 4.69) is 84.1 Å². The second kappa shape index (κ2) is 9.52. The Balaban J connectivity index is 1.33. The molecule has 1 aromatic heterocycles. The van der Waals surface area contributed by atoms with Crippen molar-refractivity contribution >= 4 is 5.91 Å². The minimum absolute atomic E-state index is 0.0598. The number of nitrogens with zero attached hydrogens (tertiary/aromatic N) is 2. The number of aryl methyl sites for hydroxylation is 2. The number of rotatable bonds is 6. The Labute approximate surface area is 185 Å². The summed E-state index contributed by atoms with van der Waals surface area (Å²) in [4.78, 5) is 15.5. The summed E-state index contributed by atoms with van der Waals surface area (Å²) in [6.07, 6.45) is 2.00. The maximum Gasteiger partial charge on any atom is 0.253 e. The Morgan fingerprint density at radius 1 is 0.903 bits per heavy atom. The molecule has 0 aliphatic carbocycles. The fourth-order valence-electron chi connectivity index (χ4n) is 4.61. The third kappa shape index (κ3) is 5.26. The van der Waals surface area contributed by atoms with E-state index in [1.807, 2.05) is 12.1 Å². The third-order valence-corrected chi connectivity index (χ3v) is 6.41. The molecule has 31 heavy (non-hydrogen) atoms. The minimum Gasteiger partial charge on any atom is -0.349 e. The highest BCUT2D eigenvalue weighted by Crippen LogP contribution is 2.19. The number of carbonyl (C=O) groups excluding carboxylic acids is 1. The highest BCUT2D eigenvalue weighted by atomic mass is 16.1. The Kier molecular flexibility index (Phi) is 6.57. The van der Waals surface area contributed by atoms with Crippen molar-refractivity contribution in [3.63, 3.8) is 0 Å². The fourth-order valence-corrected chi connectivity index (χ4v) is 4.61. The zero-order chi connectivity index (χ0) is 21.8. The SMILES string of the molecule is Cc1cccc(CN2CCC(NC(=O)c3cc(C)n(Cc4ccccc4)c3C)CC2)c1. The molecule has 0 radical (unpaired) electrons. The average molecular weight is 416 g/mol. The molecule has 4 nitrogen and oxygen atoms in total. The van der Waals surface area contributed by atoms with Gasteiger partial charge in [0.05, 0.1) is 5.56 Å². The first kappa shape index (κ1) is 21.4. The van der Waals surface area contributed by atoms with E-state index in [1.54, 1.807) is 0 Å². The van der Waals surface area contributed by atoms with Gasteiger partial charge in [-0.3, -0.25) is 9.69 Å². The van der Waals surface area contributed by atoms with E-state index in [0.29, 0.717) is 0 Å². The minimum atomic E-state index is 0.0598. The van der Waals surface area contributed by atoms with Gasteiger partial charge in [-0.1, -0.05) is 60.2 Å². The molecule has 1 aliphatic heterocycles. The normalized spacial score (nSPS) is 15.2. The van der Waals surface area contributed by atoms with Crippen LogP contribution in [0.15, 0.2) is 60.7 Å². The van der Waals surface area contributed by atoms with E-state index in [0.717, 1.165) is 56.0 Å². The van der Waals surface area contributed by atoms with E-state index in [-0.39, 0.29) is 11.9 Å². The molecule has 2 aromatic carbocycles. The van der Waals surface area contributed by atoms with Crippen LogP contribution in [0.4, 0.5) is 0 Å². The molecule has 1 fully saturated rings. The van der Waals surface area contributed by atoms with Gasteiger partial charge in [0.25, 0.3) is 5.91 Å². The summed E-state index contributed by atoms with van der Waals surface area (Å²) >= 11 is 0. The van der Waals surface area contributed by atoms with Gasteiger partial charge < -0.3 is 9.88 Å². The number of likely N-dealkylation sites (tertiary alicyclic amines) is 1. The van der Waals surface area contributed by atoms with E-state index >= 15 is 0 Å². The molecule has 162 valence electrons. The summed E-state index contributed by atoms with van der Waals surface area (Å²) in [6.45, 7) is 10.1. The molecule has 3 aromatic rings. The van der Waals surface area contributed by atoms with Crippen LogP contribution in [-0.4, -0.2) is 34.5 Å². The van der Waals surface area contributed by atoms with E-state index in [1.165, 1.54) is 16.7 Å². The molecule has 4 rings (SSSR count). The van der Waals surface area contributed by atoms with Crippen LogP contribution >= 0.6 is 0 Å². The van der Waals surface area contributed by atoms with Gasteiger partial charge in [0, 0.05) is 43.6 Å². The number of amides is 1. The Morgan fingerprint density at radius 3 is 2.32 bits per heavy atom. The Hall–Kier alpha value is -2.85. The molecule has 1 saturated heterocycles. The molecule has 1 aliphatic rings. The van der Waals surface area contributed by atoms with Crippen molar-refractivity contribution in [2.45, 2.75) is 52.7 Å². The van der Waals surface area contributed by atoms with Gasteiger partial charge in [0.2, 0.25) is 0 Å². The van der Waals surface area contributed by atoms with Gasteiger partial charge in [0.1, 0.15) is 0 Å². The first-order chi connectivity index (χ1) is 15.0. The van der Waals surface area contributed by atoms with Crippen LogP contribution < -0.4 is 5.32 Å². The van der Waals surface area contributed by atoms with E-state index in [9.17, 15) is 4.79 Å². The van der Waals surface area contributed by atoms with Crippen LogP contribution in [0.1, 0.15) is 51.3 Å². The topological polar surface area (TPSA) is 37.3 Å². The second-order valence-electron chi connectivity index (χ2n) is 8.87. The lowest BCUT2D eigenvalue weighted by Crippen LogP contribution is -2.44. The first-order valence-corrected chi connectivity index (χ1v) is 11.3. The predicted molar refractivity (Wildman–Crippen MR) is 126 cm³/mol. The van der Waals surface area contributed by atoms with Crippen molar-refractivity contribution in [2.75, 3.05) is 13.1 Å². The first-order valence-electron chi connectivity index (χ1n) is 11.3. The van der Waals surface area contributed by atoms with Crippen LogP contribution in [0.2, 0.25) is 0 Å². The number of hydrogen-bond acceptors (Lipinski definition) is 2. The summed E-state index contributed by atoms with van der Waals surface area (Å²) in [5.41, 5.74) is 6.89. The molecular formula is C27H33N3O. The zero-order valence-electron chi connectivity index (χ0n) is 18.9. The highest BCUT2D eigenvalue weighted by molar-refractivity contribution is 5.95. The number of aromatic nitrogens is 1. The molecule has 1 amide bonds. The van der Waals surface area contributed by atoms with Crippen LogP contribution in [0.3, 0.4) is 0 Å². The second-order valence-corrected chi connectivity index (χ2v) is 8.87. The molecule has 0 bridgehead atoms. The molecule has 0 atom stereocenters. The smallest absolute Gasteiger partial charge is 0.253 e. The van der Waals surface area contributed by atoms with Gasteiger partial charge in [-0.15, -0.1) is 0 Å². The van der Waals surface area contributed by atoms with Crippen LogP contribution in [0, 0.1) is 20.8 Å². The highest BCUT2D eigenvalue weighted by Gasteiger charge is 2.23. The standard InChI is InChI=1S/C27H33N3O/c1-20-8-7-11-24(16-20)18-29-14-12-25(13-15-29)28-27(31)26-17-21(2)30(22(26)3)19-23-9-5-4-6-10-23/h4-11,16-17,25H,12-15,18-19H2,1-3H3,(H,28,31). The van der Waals surface area contributed by atoms with Gasteiger partial charge in [-0.2, -0.15) is 0 Å². The largest absolute Gasteiger partial charge is 0.349 e. The average Bonchev–Trinajstić information content (AvgIpc) is 3.04. The molecule has 2 heterocycles. The van der Waals surface area contributed by atoms with Crippen LogP contribution in [-0.2, 0) is 13.1 Å². The molecule has 0 unspecified atom stereocenters. The predicted octanol–water partition coefficient (Wildman–Crippen LogP) is 4.86. The number of benzene rings is 2. The van der Waals surface area contributed by atoms with Crippen molar-refractivity contribution in [1.29, 1.82) is 0 Å². The zero-order valence-corrected chi connectivity index (χ0v) is 18.9. The lowest BCUT2D eigenvalue weighted by molar-refractivity contribution is 0.0908. The van der Waals surface area contributed by atoms with Crippen molar-refractivity contribution in [3.8, 4) is 0 Å². The molecule has 0 saturated carbocycles. The molecule has 4 heteroatoms.